The molecule has 1 saturated heterocycles. The second-order valence-electron chi connectivity index (χ2n) is 6.20. The molecule has 22 heavy (non-hydrogen) atoms. The fraction of sp³-hybridized carbons (Fsp3) is 0.500. The molecule has 0 aliphatic carbocycles. The van der Waals surface area contributed by atoms with Gasteiger partial charge in [0.25, 0.3) is 0 Å². The molecule has 0 radical (unpaired) electrons. The van der Waals surface area contributed by atoms with E-state index in [0.29, 0.717) is 0 Å². The molecule has 1 aliphatic heterocycles. The zero-order valence-corrected chi connectivity index (χ0v) is 13.1. The summed E-state index contributed by atoms with van der Waals surface area (Å²) in [5, 5.41) is 10.3. The summed E-state index contributed by atoms with van der Waals surface area (Å²) in [7, 11) is 0. The second kappa shape index (κ2) is 7.07. The van der Waals surface area contributed by atoms with Gasteiger partial charge in [0.1, 0.15) is 11.5 Å². The van der Waals surface area contributed by atoms with Crippen molar-refractivity contribution in [2.45, 2.75) is 38.8 Å². The highest BCUT2D eigenvalue weighted by Gasteiger charge is 2.31. The van der Waals surface area contributed by atoms with Gasteiger partial charge in [-0.05, 0) is 42.7 Å². The third-order valence-corrected chi connectivity index (χ3v) is 4.32. The van der Waals surface area contributed by atoms with Gasteiger partial charge in [0.15, 0.2) is 0 Å². The maximum Gasteiger partial charge on any atom is 0.118 e. The van der Waals surface area contributed by atoms with Crippen LogP contribution >= 0.6 is 0 Å². The van der Waals surface area contributed by atoms with Crippen LogP contribution in [-0.2, 0) is 19.4 Å². The number of pyridine rings is 1. The highest BCUT2D eigenvalue weighted by molar-refractivity contribution is 5.12. The Balaban J connectivity index is 1.55. The van der Waals surface area contributed by atoms with Crippen LogP contribution in [0.1, 0.15) is 30.4 Å². The number of likely N-dealkylation sites (tertiary alicyclic amines) is 1. The summed E-state index contributed by atoms with van der Waals surface area (Å²) < 4.78 is 5.84. The quantitative estimate of drug-likeness (QED) is 0.891. The van der Waals surface area contributed by atoms with Crippen molar-refractivity contribution in [3.63, 3.8) is 0 Å². The lowest BCUT2D eigenvalue weighted by Crippen LogP contribution is -2.21. The summed E-state index contributed by atoms with van der Waals surface area (Å²) in [6.07, 6.45) is 6.35. The van der Waals surface area contributed by atoms with Crippen LogP contribution in [0.25, 0.3) is 0 Å². The van der Waals surface area contributed by atoms with Crippen molar-refractivity contribution < 1.29 is 9.52 Å². The lowest BCUT2D eigenvalue weighted by Gasteiger charge is -2.14. The minimum absolute atomic E-state index is 0.266. The number of rotatable bonds is 6. The van der Waals surface area contributed by atoms with Crippen molar-refractivity contribution in [2.75, 3.05) is 13.1 Å². The lowest BCUT2D eigenvalue weighted by atomic mass is 9.97. The Morgan fingerprint density at radius 1 is 1.18 bits per heavy atom. The molecule has 1 N–H and O–H groups in total. The molecule has 1 aliphatic rings. The topological polar surface area (TPSA) is 49.5 Å². The molecule has 2 aromatic rings. The van der Waals surface area contributed by atoms with Crippen LogP contribution in [0.4, 0.5) is 0 Å². The van der Waals surface area contributed by atoms with E-state index in [-0.39, 0.29) is 12.0 Å². The molecule has 3 heterocycles. The Labute approximate surface area is 131 Å². The number of hydrogen-bond donors (Lipinski definition) is 1. The molecule has 0 aromatic carbocycles. The average Bonchev–Trinajstić information content (AvgIpc) is 3.08. The molecule has 4 nitrogen and oxygen atoms in total. The van der Waals surface area contributed by atoms with Gasteiger partial charge in [-0.25, -0.2) is 0 Å². The van der Waals surface area contributed by atoms with Crippen LogP contribution in [0.2, 0.25) is 0 Å². The average molecular weight is 300 g/mol. The maximum absolute atomic E-state index is 10.3. The van der Waals surface area contributed by atoms with Crippen LogP contribution in [0, 0.1) is 5.92 Å². The first-order valence-corrected chi connectivity index (χ1v) is 8.11. The summed E-state index contributed by atoms with van der Waals surface area (Å²) in [6.45, 7) is 4.57. The lowest BCUT2D eigenvalue weighted by molar-refractivity contribution is 0.140. The Bertz CT molecular complexity index is 582. The molecule has 4 heteroatoms. The van der Waals surface area contributed by atoms with Gasteiger partial charge in [0, 0.05) is 37.8 Å². The first-order valence-electron chi connectivity index (χ1n) is 8.11. The highest BCUT2D eigenvalue weighted by atomic mass is 16.3. The van der Waals surface area contributed by atoms with Crippen LogP contribution < -0.4 is 0 Å². The summed E-state index contributed by atoms with van der Waals surface area (Å²) in [4.78, 5) is 6.32. The smallest absolute Gasteiger partial charge is 0.118 e. The molecule has 0 spiro atoms. The second-order valence-corrected chi connectivity index (χ2v) is 6.20. The molecule has 1 fully saturated rings. The Kier molecular flexibility index (Phi) is 4.90. The molecular weight excluding hydrogens is 276 g/mol. The SMILES string of the molecule is CCCc1ccc(CN2C[C@@H](Cc3ccncc3)[C@H](O)C2)o1. The monoisotopic (exact) mass is 300 g/mol. The van der Waals surface area contributed by atoms with E-state index in [1.54, 1.807) is 0 Å². The Morgan fingerprint density at radius 3 is 2.73 bits per heavy atom. The maximum atomic E-state index is 10.3. The van der Waals surface area contributed by atoms with Gasteiger partial charge >= 0.3 is 0 Å². The zero-order chi connectivity index (χ0) is 15.4. The fourth-order valence-corrected chi connectivity index (χ4v) is 3.20. The molecule has 2 aromatic heterocycles. The van der Waals surface area contributed by atoms with Crippen molar-refractivity contribution in [1.82, 2.24) is 9.88 Å². The van der Waals surface area contributed by atoms with Crippen molar-refractivity contribution in [1.29, 1.82) is 0 Å². The molecule has 0 unspecified atom stereocenters. The molecule has 3 rings (SSSR count). The predicted molar refractivity (Wildman–Crippen MR) is 85.4 cm³/mol. The molecule has 0 bridgehead atoms. The van der Waals surface area contributed by atoms with Crippen molar-refractivity contribution in [3.05, 3.63) is 53.7 Å². The van der Waals surface area contributed by atoms with E-state index in [2.05, 4.69) is 28.9 Å². The van der Waals surface area contributed by atoms with E-state index in [9.17, 15) is 5.11 Å². The Hall–Kier alpha value is -1.65. The van der Waals surface area contributed by atoms with E-state index < -0.39 is 0 Å². The van der Waals surface area contributed by atoms with Gasteiger partial charge in [-0.15, -0.1) is 0 Å². The van der Waals surface area contributed by atoms with E-state index >= 15 is 0 Å². The predicted octanol–water partition coefficient (Wildman–Crippen LogP) is 2.66. The molecule has 0 amide bonds. The molecule has 0 saturated carbocycles. The van der Waals surface area contributed by atoms with Crippen LogP contribution in [0.5, 0.6) is 0 Å². The van der Waals surface area contributed by atoms with E-state index in [1.807, 2.05) is 24.5 Å². The number of aromatic nitrogens is 1. The zero-order valence-electron chi connectivity index (χ0n) is 13.1. The highest BCUT2D eigenvalue weighted by Crippen LogP contribution is 2.23. The summed E-state index contributed by atoms with van der Waals surface area (Å²) >= 11 is 0. The van der Waals surface area contributed by atoms with Gasteiger partial charge < -0.3 is 9.52 Å². The first-order chi connectivity index (χ1) is 10.7. The van der Waals surface area contributed by atoms with Crippen LogP contribution in [0.3, 0.4) is 0 Å². The number of β-amino-alcohol motifs (C(OH)–C–C–N with tert-alkyl or cyclic N) is 1. The number of aliphatic hydroxyl groups is 1. The normalized spacial score (nSPS) is 22.3. The van der Waals surface area contributed by atoms with Crippen molar-refractivity contribution in [2.24, 2.45) is 5.92 Å². The van der Waals surface area contributed by atoms with Gasteiger partial charge in [-0.3, -0.25) is 9.88 Å². The van der Waals surface area contributed by atoms with Gasteiger partial charge in [-0.2, -0.15) is 0 Å². The summed E-state index contributed by atoms with van der Waals surface area (Å²) in [5.74, 6) is 2.35. The first kappa shape index (κ1) is 15.3. The van der Waals surface area contributed by atoms with E-state index in [0.717, 1.165) is 50.4 Å². The standard InChI is InChI=1S/C18H24N2O2/c1-2-3-16-4-5-17(22-16)12-20-11-15(18(21)13-20)10-14-6-8-19-9-7-14/h4-9,15,18,21H,2-3,10-13H2,1H3/t15-,18-/m1/s1. The number of hydrogen-bond acceptors (Lipinski definition) is 4. The minimum atomic E-state index is -0.266. The van der Waals surface area contributed by atoms with Gasteiger partial charge in [0.05, 0.1) is 12.6 Å². The van der Waals surface area contributed by atoms with Gasteiger partial charge in [-0.1, -0.05) is 6.92 Å². The van der Waals surface area contributed by atoms with Crippen LogP contribution in [-0.4, -0.2) is 34.2 Å². The van der Waals surface area contributed by atoms with Crippen molar-refractivity contribution in [3.8, 4) is 0 Å². The van der Waals surface area contributed by atoms with Crippen LogP contribution in [0.15, 0.2) is 41.1 Å². The number of aliphatic hydroxyl groups excluding tert-OH is 1. The molecular formula is C18H24N2O2. The van der Waals surface area contributed by atoms with E-state index in [1.165, 1.54) is 5.56 Å². The minimum Gasteiger partial charge on any atom is -0.465 e. The largest absolute Gasteiger partial charge is 0.465 e. The number of aryl methyl sites for hydroxylation is 1. The number of furan rings is 1. The number of nitrogens with zero attached hydrogens (tertiary/aromatic N) is 2. The fourth-order valence-electron chi connectivity index (χ4n) is 3.20. The van der Waals surface area contributed by atoms with E-state index in [4.69, 9.17) is 4.42 Å². The summed E-state index contributed by atoms with van der Waals surface area (Å²) in [5.41, 5.74) is 1.24. The molecule has 2 atom stereocenters. The third kappa shape index (κ3) is 3.76. The third-order valence-electron chi connectivity index (χ3n) is 4.32. The molecule has 118 valence electrons. The van der Waals surface area contributed by atoms with Crippen molar-refractivity contribution >= 4 is 0 Å². The Morgan fingerprint density at radius 2 is 1.95 bits per heavy atom. The summed E-state index contributed by atoms with van der Waals surface area (Å²) in [6, 6.07) is 8.19. The van der Waals surface area contributed by atoms with Gasteiger partial charge in [0.2, 0.25) is 0 Å².